The maximum absolute atomic E-state index is 5.38. The van der Waals surface area contributed by atoms with Gasteiger partial charge < -0.3 is 4.74 Å². The van der Waals surface area contributed by atoms with E-state index in [9.17, 15) is 0 Å². The van der Waals surface area contributed by atoms with Crippen LogP contribution in [0.1, 0.15) is 5.82 Å². The SMILES string of the molecule is C=CCN=C(C=C)Oc1cnc(C)nc1. The molecule has 0 bridgehead atoms. The highest BCUT2D eigenvalue weighted by atomic mass is 16.5. The molecule has 0 saturated carbocycles. The van der Waals surface area contributed by atoms with Crippen molar-refractivity contribution in [3.05, 3.63) is 43.5 Å². The molecule has 1 heterocycles. The molecule has 4 nitrogen and oxygen atoms in total. The third-order valence-electron chi connectivity index (χ3n) is 1.53. The third kappa shape index (κ3) is 3.72. The summed E-state index contributed by atoms with van der Waals surface area (Å²) in [7, 11) is 0. The monoisotopic (exact) mass is 203 g/mol. The van der Waals surface area contributed by atoms with Gasteiger partial charge in [-0.2, -0.15) is 0 Å². The number of ether oxygens (including phenoxy) is 1. The van der Waals surface area contributed by atoms with Crippen molar-refractivity contribution in [1.82, 2.24) is 9.97 Å². The van der Waals surface area contributed by atoms with Crippen LogP contribution in [0, 0.1) is 6.92 Å². The fourth-order valence-electron chi connectivity index (χ4n) is 0.847. The Bertz CT molecular complexity index is 368. The van der Waals surface area contributed by atoms with Crippen LogP contribution in [0.15, 0.2) is 42.7 Å². The topological polar surface area (TPSA) is 47.4 Å². The summed E-state index contributed by atoms with van der Waals surface area (Å²) in [5, 5.41) is 0. The van der Waals surface area contributed by atoms with Gasteiger partial charge in [-0.3, -0.25) is 0 Å². The first kappa shape index (κ1) is 11.1. The van der Waals surface area contributed by atoms with E-state index in [0.717, 1.165) is 0 Å². The van der Waals surface area contributed by atoms with Gasteiger partial charge in [0.25, 0.3) is 0 Å². The summed E-state index contributed by atoms with van der Waals surface area (Å²) in [6.07, 6.45) is 6.40. The van der Waals surface area contributed by atoms with Crippen molar-refractivity contribution in [3.63, 3.8) is 0 Å². The van der Waals surface area contributed by atoms with Crippen LogP contribution >= 0.6 is 0 Å². The van der Waals surface area contributed by atoms with Crippen molar-refractivity contribution in [2.75, 3.05) is 6.54 Å². The zero-order valence-electron chi connectivity index (χ0n) is 8.68. The van der Waals surface area contributed by atoms with Gasteiger partial charge in [-0.25, -0.2) is 15.0 Å². The second-order valence-corrected chi connectivity index (χ2v) is 2.74. The lowest BCUT2D eigenvalue weighted by Gasteiger charge is -2.03. The number of nitrogens with zero attached hydrogens (tertiary/aromatic N) is 3. The summed E-state index contributed by atoms with van der Waals surface area (Å²) >= 11 is 0. The summed E-state index contributed by atoms with van der Waals surface area (Å²) in [5.41, 5.74) is 0. The van der Waals surface area contributed by atoms with Crippen molar-refractivity contribution in [2.45, 2.75) is 6.92 Å². The highest BCUT2D eigenvalue weighted by molar-refractivity contribution is 5.88. The van der Waals surface area contributed by atoms with E-state index >= 15 is 0 Å². The summed E-state index contributed by atoms with van der Waals surface area (Å²) in [6, 6.07) is 0. The Hall–Kier alpha value is -1.97. The van der Waals surface area contributed by atoms with Gasteiger partial charge in [-0.15, -0.1) is 6.58 Å². The largest absolute Gasteiger partial charge is 0.436 e. The third-order valence-corrected chi connectivity index (χ3v) is 1.53. The van der Waals surface area contributed by atoms with Gasteiger partial charge >= 0.3 is 0 Å². The molecular weight excluding hydrogens is 190 g/mol. The van der Waals surface area contributed by atoms with Crippen LogP contribution in [0.3, 0.4) is 0 Å². The van der Waals surface area contributed by atoms with Gasteiger partial charge in [0.1, 0.15) is 5.82 Å². The molecule has 0 aliphatic carbocycles. The fraction of sp³-hybridized carbons (Fsp3) is 0.182. The first-order chi connectivity index (χ1) is 7.26. The minimum Gasteiger partial charge on any atom is -0.436 e. The smallest absolute Gasteiger partial charge is 0.214 e. The molecule has 15 heavy (non-hydrogen) atoms. The van der Waals surface area contributed by atoms with E-state index < -0.39 is 0 Å². The van der Waals surface area contributed by atoms with Gasteiger partial charge in [0.05, 0.1) is 18.9 Å². The quantitative estimate of drug-likeness (QED) is 0.427. The Labute approximate surface area is 89.1 Å². The Morgan fingerprint density at radius 2 is 2.13 bits per heavy atom. The normalized spacial score (nSPS) is 10.9. The molecule has 1 aromatic rings. The average Bonchev–Trinajstić information content (AvgIpc) is 2.27. The van der Waals surface area contributed by atoms with Gasteiger partial charge in [-0.1, -0.05) is 12.7 Å². The molecule has 1 rings (SSSR count). The first-order valence-corrected chi connectivity index (χ1v) is 4.50. The van der Waals surface area contributed by atoms with Crippen molar-refractivity contribution in [3.8, 4) is 5.75 Å². The van der Waals surface area contributed by atoms with Gasteiger partial charge in [0.15, 0.2) is 5.75 Å². The average molecular weight is 203 g/mol. The highest BCUT2D eigenvalue weighted by Crippen LogP contribution is 2.06. The predicted octanol–water partition coefficient (Wildman–Crippen LogP) is 1.93. The molecule has 0 spiro atoms. The summed E-state index contributed by atoms with van der Waals surface area (Å²) < 4.78 is 5.38. The molecule has 0 aliphatic heterocycles. The molecule has 0 fully saturated rings. The summed E-state index contributed by atoms with van der Waals surface area (Å²) in [4.78, 5) is 12.1. The van der Waals surface area contributed by atoms with Gasteiger partial charge in [-0.05, 0) is 13.0 Å². The van der Waals surface area contributed by atoms with E-state index in [-0.39, 0.29) is 0 Å². The summed E-state index contributed by atoms with van der Waals surface area (Å²) in [5.74, 6) is 1.68. The second kappa shape index (κ2) is 5.70. The number of hydrogen-bond donors (Lipinski definition) is 0. The van der Waals surface area contributed by atoms with Crippen LogP contribution in [-0.4, -0.2) is 22.4 Å². The van der Waals surface area contributed by atoms with Crippen LogP contribution in [0.2, 0.25) is 0 Å². The maximum Gasteiger partial charge on any atom is 0.214 e. The zero-order valence-corrected chi connectivity index (χ0v) is 8.68. The van der Waals surface area contributed by atoms with Crippen molar-refractivity contribution >= 4 is 5.90 Å². The molecule has 0 aromatic carbocycles. The molecule has 0 N–H and O–H groups in total. The lowest BCUT2D eigenvalue weighted by molar-refractivity contribution is 0.545. The fourth-order valence-corrected chi connectivity index (χ4v) is 0.847. The standard InChI is InChI=1S/C11H13N3O/c1-4-6-12-11(5-2)15-10-7-13-9(3)14-8-10/h4-5,7-8H,1-2,6H2,3H3. The van der Waals surface area contributed by atoms with E-state index in [1.54, 1.807) is 18.5 Å². The minimum atomic E-state index is 0.433. The molecule has 0 atom stereocenters. The molecule has 1 aromatic heterocycles. The highest BCUT2D eigenvalue weighted by Gasteiger charge is 1.98. The zero-order chi connectivity index (χ0) is 11.1. The van der Waals surface area contributed by atoms with E-state index in [1.165, 1.54) is 6.08 Å². The number of rotatable bonds is 4. The molecule has 0 unspecified atom stereocenters. The van der Waals surface area contributed by atoms with Gasteiger partial charge in [0.2, 0.25) is 5.90 Å². The van der Waals surface area contributed by atoms with Crippen molar-refractivity contribution in [2.24, 2.45) is 4.99 Å². The van der Waals surface area contributed by atoms with Gasteiger partial charge in [0, 0.05) is 0 Å². The van der Waals surface area contributed by atoms with Crippen LogP contribution in [0.4, 0.5) is 0 Å². The molecule has 0 saturated heterocycles. The minimum absolute atomic E-state index is 0.433. The van der Waals surface area contributed by atoms with Crippen LogP contribution in [-0.2, 0) is 0 Å². The Morgan fingerprint density at radius 1 is 1.47 bits per heavy atom. The van der Waals surface area contributed by atoms with E-state index in [1.807, 2.05) is 6.92 Å². The molecule has 78 valence electrons. The molecule has 0 radical (unpaired) electrons. The maximum atomic E-state index is 5.38. The Morgan fingerprint density at radius 3 is 2.67 bits per heavy atom. The number of aryl methyl sites for hydroxylation is 1. The number of aromatic nitrogens is 2. The number of aliphatic imine (C=N–C) groups is 1. The van der Waals surface area contributed by atoms with E-state index in [0.29, 0.717) is 24.0 Å². The van der Waals surface area contributed by atoms with Crippen molar-refractivity contribution < 1.29 is 4.74 Å². The first-order valence-electron chi connectivity index (χ1n) is 4.50. The lowest BCUT2D eigenvalue weighted by atomic mass is 10.5. The number of hydrogen-bond acceptors (Lipinski definition) is 4. The summed E-state index contributed by atoms with van der Waals surface area (Å²) in [6.45, 7) is 9.46. The van der Waals surface area contributed by atoms with E-state index in [2.05, 4.69) is 28.1 Å². The molecule has 4 heteroatoms. The van der Waals surface area contributed by atoms with Crippen LogP contribution < -0.4 is 4.74 Å². The molecular formula is C11H13N3O. The van der Waals surface area contributed by atoms with Crippen molar-refractivity contribution in [1.29, 1.82) is 0 Å². The Kier molecular flexibility index (Phi) is 4.22. The predicted molar refractivity (Wildman–Crippen MR) is 60.1 cm³/mol. The van der Waals surface area contributed by atoms with Crippen LogP contribution in [0.25, 0.3) is 0 Å². The lowest BCUT2D eigenvalue weighted by Crippen LogP contribution is -2.06. The second-order valence-electron chi connectivity index (χ2n) is 2.74. The van der Waals surface area contributed by atoms with E-state index in [4.69, 9.17) is 4.74 Å². The van der Waals surface area contributed by atoms with Crippen LogP contribution in [0.5, 0.6) is 5.75 Å². The molecule has 0 aliphatic rings. The molecule has 0 amide bonds. The Balaban J connectivity index is 2.70.